The summed E-state index contributed by atoms with van der Waals surface area (Å²) in [6.07, 6.45) is 0.698. The van der Waals surface area contributed by atoms with Crippen LogP contribution in [-0.2, 0) is 0 Å². The number of rotatable bonds is 3. The van der Waals surface area contributed by atoms with Gasteiger partial charge < -0.3 is 4.74 Å². The lowest BCUT2D eigenvalue weighted by molar-refractivity contribution is 0.0741. The van der Waals surface area contributed by atoms with E-state index in [0.717, 1.165) is 10.8 Å². The van der Waals surface area contributed by atoms with E-state index >= 15 is 0 Å². The third-order valence-electron chi connectivity index (χ3n) is 2.95. The molecule has 0 aliphatic rings. The van der Waals surface area contributed by atoms with Gasteiger partial charge in [0.05, 0.1) is 5.56 Å². The first-order valence-electron chi connectivity index (χ1n) is 6.02. The summed E-state index contributed by atoms with van der Waals surface area (Å²) in [5.41, 5.74) is 0.369. The van der Waals surface area contributed by atoms with Gasteiger partial charge in [-0.3, -0.25) is 4.79 Å². The highest BCUT2D eigenvalue weighted by atomic mass is 32.1. The van der Waals surface area contributed by atoms with Crippen molar-refractivity contribution in [2.45, 2.75) is 0 Å². The zero-order valence-electron chi connectivity index (χ0n) is 10.4. The van der Waals surface area contributed by atoms with E-state index in [1.54, 1.807) is 23.6 Å². The fourth-order valence-corrected chi connectivity index (χ4v) is 2.60. The van der Waals surface area contributed by atoms with Gasteiger partial charge in [0.2, 0.25) is 0 Å². The average molecular weight is 282 g/mol. The van der Waals surface area contributed by atoms with Crippen molar-refractivity contribution in [1.29, 1.82) is 0 Å². The summed E-state index contributed by atoms with van der Waals surface area (Å²) in [6.45, 7) is 0. The average Bonchev–Trinajstić information content (AvgIpc) is 3.02. The first-order valence-corrected chi connectivity index (χ1v) is 6.90. The second kappa shape index (κ2) is 5.27. The van der Waals surface area contributed by atoms with Crippen LogP contribution >= 0.6 is 11.3 Å². The zero-order chi connectivity index (χ0) is 13.9. The molecule has 1 heterocycles. The van der Waals surface area contributed by atoms with Gasteiger partial charge in [-0.25, -0.2) is 4.79 Å². The Bertz CT molecular complexity index is 776. The molecule has 0 saturated carbocycles. The second-order valence-corrected chi connectivity index (χ2v) is 5.14. The molecule has 3 nitrogen and oxygen atoms in total. The first kappa shape index (κ1) is 12.6. The normalized spacial score (nSPS) is 10.4. The Morgan fingerprint density at radius 1 is 1.05 bits per heavy atom. The standard InChI is InChI=1S/C16H10O3S/c17-10-12-8-7-11-4-1-2-5-13(11)15(12)19-16(18)14-6-3-9-20-14/h1-10H. The van der Waals surface area contributed by atoms with Crippen molar-refractivity contribution in [2.24, 2.45) is 0 Å². The van der Waals surface area contributed by atoms with E-state index in [4.69, 9.17) is 4.74 Å². The molecule has 0 fully saturated rings. The van der Waals surface area contributed by atoms with Crippen LogP contribution in [-0.4, -0.2) is 12.3 Å². The summed E-state index contributed by atoms with van der Waals surface area (Å²) in [4.78, 5) is 23.7. The lowest BCUT2D eigenvalue weighted by Crippen LogP contribution is -2.08. The van der Waals surface area contributed by atoms with Crippen molar-refractivity contribution in [1.82, 2.24) is 0 Å². The van der Waals surface area contributed by atoms with E-state index in [1.165, 1.54) is 11.3 Å². The molecule has 98 valence electrons. The van der Waals surface area contributed by atoms with E-state index in [1.807, 2.05) is 30.3 Å². The Kier molecular flexibility index (Phi) is 3.31. The minimum Gasteiger partial charge on any atom is -0.421 e. The van der Waals surface area contributed by atoms with Gasteiger partial charge in [0, 0.05) is 5.39 Å². The Labute approximate surface area is 119 Å². The molecule has 0 spiro atoms. The summed E-state index contributed by atoms with van der Waals surface area (Å²) in [7, 11) is 0. The van der Waals surface area contributed by atoms with E-state index in [9.17, 15) is 9.59 Å². The highest BCUT2D eigenvalue weighted by Crippen LogP contribution is 2.30. The van der Waals surface area contributed by atoms with Crippen molar-refractivity contribution >= 4 is 34.4 Å². The Morgan fingerprint density at radius 2 is 1.90 bits per heavy atom. The van der Waals surface area contributed by atoms with Crippen LogP contribution in [0.4, 0.5) is 0 Å². The summed E-state index contributed by atoms with van der Waals surface area (Å²) < 4.78 is 5.43. The van der Waals surface area contributed by atoms with Crippen LogP contribution in [0.15, 0.2) is 53.9 Å². The molecule has 0 saturated heterocycles. The Morgan fingerprint density at radius 3 is 2.65 bits per heavy atom. The van der Waals surface area contributed by atoms with Crippen molar-refractivity contribution in [3.05, 3.63) is 64.4 Å². The molecule has 0 bridgehead atoms. The lowest BCUT2D eigenvalue weighted by Gasteiger charge is -2.09. The van der Waals surface area contributed by atoms with Gasteiger partial charge in [0.1, 0.15) is 10.6 Å². The first-order chi connectivity index (χ1) is 9.79. The number of carbonyl (C=O) groups is 2. The molecule has 0 N–H and O–H groups in total. The second-order valence-electron chi connectivity index (χ2n) is 4.19. The van der Waals surface area contributed by atoms with Crippen molar-refractivity contribution < 1.29 is 14.3 Å². The van der Waals surface area contributed by atoms with Crippen LogP contribution in [0.2, 0.25) is 0 Å². The van der Waals surface area contributed by atoms with Crippen molar-refractivity contribution in [3.8, 4) is 5.75 Å². The van der Waals surface area contributed by atoms with Gasteiger partial charge in [-0.2, -0.15) is 0 Å². The molecule has 0 atom stereocenters. The monoisotopic (exact) mass is 282 g/mol. The summed E-state index contributed by atoms with van der Waals surface area (Å²) in [5.74, 6) is -0.129. The highest BCUT2D eigenvalue weighted by molar-refractivity contribution is 7.12. The molecule has 0 unspecified atom stereocenters. The molecule has 0 amide bonds. The van der Waals surface area contributed by atoms with E-state index in [0.29, 0.717) is 22.5 Å². The van der Waals surface area contributed by atoms with Crippen molar-refractivity contribution in [3.63, 3.8) is 0 Å². The minimum absolute atomic E-state index is 0.316. The van der Waals surface area contributed by atoms with Crippen LogP contribution in [0.5, 0.6) is 5.75 Å². The molecular formula is C16H10O3S. The van der Waals surface area contributed by atoms with E-state index in [-0.39, 0.29) is 0 Å². The molecule has 0 aliphatic heterocycles. The SMILES string of the molecule is O=Cc1ccc2ccccc2c1OC(=O)c1cccs1. The van der Waals surface area contributed by atoms with Crippen LogP contribution in [0.1, 0.15) is 20.0 Å². The van der Waals surface area contributed by atoms with E-state index < -0.39 is 5.97 Å². The molecule has 4 heteroatoms. The molecule has 0 aliphatic carbocycles. The number of esters is 1. The van der Waals surface area contributed by atoms with Crippen molar-refractivity contribution in [2.75, 3.05) is 0 Å². The van der Waals surface area contributed by atoms with E-state index in [2.05, 4.69) is 0 Å². The Balaban J connectivity index is 2.09. The lowest BCUT2D eigenvalue weighted by atomic mass is 10.1. The summed E-state index contributed by atoms with van der Waals surface area (Å²) in [5, 5.41) is 3.48. The van der Waals surface area contributed by atoms with Crippen LogP contribution in [0.25, 0.3) is 10.8 Å². The number of fused-ring (bicyclic) bond motifs is 1. The highest BCUT2D eigenvalue weighted by Gasteiger charge is 2.15. The predicted molar refractivity (Wildman–Crippen MR) is 78.6 cm³/mol. The third-order valence-corrected chi connectivity index (χ3v) is 3.80. The number of thiophene rings is 1. The molecule has 3 aromatic rings. The number of hydrogen-bond acceptors (Lipinski definition) is 4. The molecule has 0 radical (unpaired) electrons. The molecule has 3 rings (SSSR count). The van der Waals surface area contributed by atoms with Gasteiger partial charge >= 0.3 is 5.97 Å². The number of ether oxygens (including phenoxy) is 1. The summed E-state index contributed by atoms with van der Waals surface area (Å²) >= 11 is 1.31. The predicted octanol–water partition coefficient (Wildman–Crippen LogP) is 3.93. The maximum Gasteiger partial charge on any atom is 0.353 e. The third kappa shape index (κ3) is 2.21. The quantitative estimate of drug-likeness (QED) is 0.415. The smallest absolute Gasteiger partial charge is 0.353 e. The minimum atomic E-state index is -0.445. The van der Waals surface area contributed by atoms with Crippen LogP contribution in [0.3, 0.4) is 0 Å². The fourth-order valence-electron chi connectivity index (χ4n) is 2.00. The number of carbonyl (C=O) groups excluding carboxylic acids is 2. The number of benzene rings is 2. The molecule has 20 heavy (non-hydrogen) atoms. The largest absolute Gasteiger partial charge is 0.421 e. The summed E-state index contributed by atoms with van der Waals surface area (Å²) in [6, 6.07) is 14.5. The fraction of sp³-hybridized carbons (Fsp3) is 0. The number of hydrogen-bond donors (Lipinski definition) is 0. The molecule has 2 aromatic carbocycles. The maximum atomic E-state index is 12.1. The van der Waals surface area contributed by atoms with Gasteiger partial charge in [-0.15, -0.1) is 11.3 Å². The number of aldehydes is 1. The molecule has 1 aromatic heterocycles. The van der Waals surface area contributed by atoms with Gasteiger partial charge in [0.15, 0.2) is 6.29 Å². The topological polar surface area (TPSA) is 43.4 Å². The van der Waals surface area contributed by atoms with Gasteiger partial charge in [0.25, 0.3) is 0 Å². The maximum absolute atomic E-state index is 12.1. The zero-order valence-corrected chi connectivity index (χ0v) is 11.2. The van der Waals surface area contributed by atoms with Gasteiger partial charge in [-0.1, -0.05) is 36.4 Å². The van der Waals surface area contributed by atoms with Gasteiger partial charge in [-0.05, 0) is 22.9 Å². The van der Waals surface area contributed by atoms with Crippen LogP contribution < -0.4 is 4.74 Å². The molecular weight excluding hydrogens is 272 g/mol. The Hall–Kier alpha value is -2.46. The van der Waals surface area contributed by atoms with Crippen LogP contribution in [0, 0.1) is 0 Å².